The van der Waals surface area contributed by atoms with E-state index in [-0.39, 0.29) is 21.9 Å². The molecule has 0 unspecified atom stereocenters. The van der Waals surface area contributed by atoms with Crippen molar-refractivity contribution < 1.29 is 37.2 Å². The number of carbonyl (C=O) groups excluding carboxylic acids is 4. The lowest BCUT2D eigenvalue weighted by Crippen LogP contribution is -2.32. The van der Waals surface area contributed by atoms with E-state index in [4.69, 9.17) is 4.84 Å². The SMILES string of the molecule is CC(=O)Nc1cc(C(=O)ON2C(=O)c3ccccc3C2=O)cc(C(F)(F)F)c1. The van der Waals surface area contributed by atoms with Crippen LogP contribution >= 0.6 is 0 Å². The number of hydrogen-bond acceptors (Lipinski definition) is 5. The maximum atomic E-state index is 13.1. The number of benzene rings is 2. The van der Waals surface area contributed by atoms with E-state index in [0.29, 0.717) is 12.1 Å². The van der Waals surface area contributed by atoms with E-state index in [1.807, 2.05) is 0 Å². The first kappa shape index (κ1) is 19.1. The van der Waals surface area contributed by atoms with Crippen LogP contribution in [0.2, 0.25) is 0 Å². The van der Waals surface area contributed by atoms with Gasteiger partial charge in [-0.15, -0.1) is 0 Å². The highest BCUT2D eigenvalue weighted by Crippen LogP contribution is 2.32. The number of amides is 3. The van der Waals surface area contributed by atoms with Crippen LogP contribution in [0.4, 0.5) is 18.9 Å². The number of hydrogen-bond donors (Lipinski definition) is 1. The Balaban J connectivity index is 1.91. The van der Waals surface area contributed by atoms with Crippen LogP contribution in [-0.2, 0) is 15.8 Å². The second kappa shape index (κ2) is 6.80. The van der Waals surface area contributed by atoms with Gasteiger partial charge in [0, 0.05) is 12.6 Å². The van der Waals surface area contributed by atoms with Crippen molar-refractivity contribution in [2.45, 2.75) is 13.1 Å². The molecule has 0 atom stereocenters. The number of fused-ring (bicyclic) bond motifs is 1. The van der Waals surface area contributed by atoms with Gasteiger partial charge in [-0.25, -0.2) is 4.79 Å². The predicted octanol–water partition coefficient (Wildman–Crippen LogP) is 3.03. The second-order valence-corrected chi connectivity index (χ2v) is 5.81. The van der Waals surface area contributed by atoms with E-state index in [0.717, 1.165) is 13.0 Å². The first-order valence-electron chi connectivity index (χ1n) is 7.78. The van der Waals surface area contributed by atoms with Gasteiger partial charge < -0.3 is 10.2 Å². The zero-order chi connectivity index (χ0) is 20.6. The third kappa shape index (κ3) is 3.56. The standard InChI is InChI=1S/C18H11F3N2O5/c1-9(24)22-12-7-10(6-11(8-12)18(19,20)21)17(27)28-23-15(25)13-4-2-3-5-14(13)16(23)26/h2-8H,1H3,(H,22,24). The first-order chi connectivity index (χ1) is 13.1. The summed E-state index contributed by atoms with van der Waals surface area (Å²) in [5, 5.41) is 2.33. The summed E-state index contributed by atoms with van der Waals surface area (Å²) >= 11 is 0. The Labute approximate surface area is 155 Å². The second-order valence-electron chi connectivity index (χ2n) is 5.81. The lowest BCUT2D eigenvalue weighted by atomic mass is 10.1. The van der Waals surface area contributed by atoms with Crippen LogP contribution in [-0.4, -0.2) is 28.8 Å². The Morgan fingerprint density at radius 3 is 2.07 bits per heavy atom. The molecule has 0 radical (unpaired) electrons. The summed E-state index contributed by atoms with van der Waals surface area (Å²) < 4.78 is 39.2. The van der Waals surface area contributed by atoms with Crippen molar-refractivity contribution in [3.05, 3.63) is 64.7 Å². The van der Waals surface area contributed by atoms with Crippen LogP contribution in [0.15, 0.2) is 42.5 Å². The summed E-state index contributed by atoms with van der Waals surface area (Å²) in [7, 11) is 0. The Hall–Kier alpha value is -3.69. The van der Waals surface area contributed by atoms with Crippen molar-refractivity contribution in [3.63, 3.8) is 0 Å². The fourth-order valence-electron chi connectivity index (χ4n) is 2.57. The number of alkyl halides is 3. The predicted molar refractivity (Wildman–Crippen MR) is 88.1 cm³/mol. The largest absolute Gasteiger partial charge is 0.416 e. The van der Waals surface area contributed by atoms with Crippen LogP contribution in [0.5, 0.6) is 0 Å². The molecular weight excluding hydrogens is 381 g/mol. The van der Waals surface area contributed by atoms with Gasteiger partial charge in [0.25, 0.3) is 11.8 Å². The Morgan fingerprint density at radius 2 is 1.57 bits per heavy atom. The van der Waals surface area contributed by atoms with E-state index in [9.17, 15) is 32.3 Å². The number of carbonyl (C=O) groups is 4. The van der Waals surface area contributed by atoms with Crippen molar-refractivity contribution in [3.8, 4) is 0 Å². The van der Waals surface area contributed by atoms with Crippen LogP contribution in [0.1, 0.15) is 43.6 Å². The Morgan fingerprint density at radius 1 is 1.00 bits per heavy atom. The number of nitrogens with one attached hydrogen (secondary N) is 1. The van der Waals surface area contributed by atoms with E-state index in [2.05, 4.69) is 5.32 Å². The summed E-state index contributed by atoms with van der Waals surface area (Å²) in [6.07, 6.45) is -4.81. The molecule has 0 saturated carbocycles. The molecule has 0 spiro atoms. The van der Waals surface area contributed by atoms with Gasteiger partial charge >= 0.3 is 12.1 Å². The fourth-order valence-corrected chi connectivity index (χ4v) is 2.57. The molecule has 1 aliphatic heterocycles. The zero-order valence-corrected chi connectivity index (χ0v) is 14.2. The third-order valence-electron chi connectivity index (χ3n) is 3.75. The maximum Gasteiger partial charge on any atom is 0.416 e. The molecular formula is C18H11F3N2O5. The van der Waals surface area contributed by atoms with Gasteiger partial charge in [0.05, 0.1) is 22.3 Å². The highest BCUT2D eigenvalue weighted by atomic mass is 19.4. The van der Waals surface area contributed by atoms with Crippen molar-refractivity contribution in [2.75, 3.05) is 5.32 Å². The number of imide groups is 1. The lowest BCUT2D eigenvalue weighted by molar-refractivity contribution is -0.137. The molecule has 28 heavy (non-hydrogen) atoms. The molecule has 0 bridgehead atoms. The summed E-state index contributed by atoms with van der Waals surface area (Å²) in [6, 6.07) is 7.78. The summed E-state index contributed by atoms with van der Waals surface area (Å²) in [6.45, 7) is 1.08. The molecule has 144 valence electrons. The lowest BCUT2D eigenvalue weighted by Gasteiger charge is -2.15. The molecule has 1 N–H and O–H groups in total. The molecule has 7 nitrogen and oxygen atoms in total. The summed E-state index contributed by atoms with van der Waals surface area (Å²) in [5.74, 6) is -3.85. The first-order valence-corrected chi connectivity index (χ1v) is 7.78. The minimum atomic E-state index is -4.81. The van der Waals surface area contributed by atoms with Crippen LogP contribution in [0, 0.1) is 0 Å². The minimum Gasteiger partial charge on any atom is -0.326 e. The quantitative estimate of drug-likeness (QED) is 0.811. The summed E-state index contributed by atoms with van der Waals surface area (Å²) in [5.41, 5.74) is -2.11. The van der Waals surface area contributed by atoms with E-state index < -0.39 is 41.0 Å². The monoisotopic (exact) mass is 392 g/mol. The molecule has 0 aromatic heterocycles. The number of hydroxylamine groups is 2. The topological polar surface area (TPSA) is 92.8 Å². The van der Waals surface area contributed by atoms with Gasteiger partial charge in [-0.3, -0.25) is 14.4 Å². The van der Waals surface area contributed by atoms with Gasteiger partial charge in [-0.1, -0.05) is 17.2 Å². The zero-order valence-electron chi connectivity index (χ0n) is 14.2. The molecule has 10 heteroatoms. The minimum absolute atomic E-state index is 0.00303. The van der Waals surface area contributed by atoms with E-state index in [1.54, 1.807) is 0 Å². The van der Waals surface area contributed by atoms with Crippen molar-refractivity contribution in [1.29, 1.82) is 0 Å². The summed E-state index contributed by atoms with van der Waals surface area (Å²) in [4.78, 5) is 52.6. The molecule has 3 rings (SSSR count). The highest BCUT2D eigenvalue weighted by Gasteiger charge is 2.39. The van der Waals surface area contributed by atoms with Gasteiger partial charge in [0.1, 0.15) is 0 Å². The molecule has 3 amide bonds. The van der Waals surface area contributed by atoms with Crippen molar-refractivity contribution >= 4 is 29.4 Å². The number of rotatable bonds is 3. The molecule has 0 aliphatic carbocycles. The van der Waals surface area contributed by atoms with Crippen LogP contribution in [0.3, 0.4) is 0 Å². The molecule has 0 saturated heterocycles. The maximum absolute atomic E-state index is 13.1. The molecule has 2 aromatic carbocycles. The van der Waals surface area contributed by atoms with E-state index >= 15 is 0 Å². The number of nitrogens with zero attached hydrogens (tertiary/aromatic N) is 1. The normalized spacial score (nSPS) is 13.4. The molecule has 1 aliphatic rings. The molecule has 0 fully saturated rings. The third-order valence-corrected chi connectivity index (χ3v) is 3.75. The Bertz CT molecular complexity index is 982. The van der Waals surface area contributed by atoms with Crippen LogP contribution in [0.25, 0.3) is 0 Å². The van der Waals surface area contributed by atoms with Crippen molar-refractivity contribution in [2.24, 2.45) is 0 Å². The van der Waals surface area contributed by atoms with Gasteiger partial charge in [0.2, 0.25) is 5.91 Å². The van der Waals surface area contributed by atoms with Gasteiger partial charge in [0.15, 0.2) is 0 Å². The highest BCUT2D eigenvalue weighted by molar-refractivity contribution is 6.21. The van der Waals surface area contributed by atoms with Crippen LogP contribution < -0.4 is 5.32 Å². The molecule has 2 aromatic rings. The van der Waals surface area contributed by atoms with Crippen molar-refractivity contribution in [1.82, 2.24) is 5.06 Å². The fraction of sp³-hybridized carbons (Fsp3) is 0.111. The smallest absolute Gasteiger partial charge is 0.326 e. The number of anilines is 1. The van der Waals surface area contributed by atoms with Gasteiger partial charge in [-0.2, -0.15) is 13.2 Å². The van der Waals surface area contributed by atoms with Gasteiger partial charge in [-0.05, 0) is 30.3 Å². The molecule has 1 heterocycles. The van der Waals surface area contributed by atoms with E-state index in [1.165, 1.54) is 24.3 Å². The average Bonchev–Trinajstić information content (AvgIpc) is 2.85. The average molecular weight is 392 g/mol. The number of halogens is 3. The Kier molecular flexibility index (Phi) is 4.63.